The summed E-state index contributed by atoms with van der Waals surface area (Å²) in [7, 11) is 3.56. The van der Waals surface area contributed by atoms with Crippen LogP contribution in [0.1, 0.15) is 19.8 Å². The first kappa shape index (κ1) is 19.3. The molecule has 8 heteroatoms. The SMILES string of the molecule is COc1cc(-c2cnn(C)c2)ccc1Nc1ncc2ccnc(N3CCCC3C)c2n1. The molecule has 0 aliphatic carbocycles. The molecule has 3 aromatic heterocycles. The Labute approximate surface area is 180 Å². The number of ether oxygens (including phenoxy) is 1. The van der Waals surface area contributed by atoms with Crippen LogP contribution in [0.25, 0.3) is 22.0 Å². The maximum absolute atomic E-state index is 5.63. The van der Waals surface area contributed by atoms with Gasteiger partial charge in [0.05, 0.1) is 19.0 Å². The second kappa shape index (κ2) is 7.86. The Balaban J connectivity index is 1.49. The van der Waals surface area contributed by atoms with E-state index in [1.54, 1.807) is 11.8 Å². The lowest BCUT2D eigenvalue weighted by atomic mass is 10.1. The third kappa shape index (κ3) is 3.65. The zero-order valence-corrected chi connectivity index (χ0v) is 17.9. The van der Waals surface area contributed by atoms with E-state index >= 15 is 0 Å². The van der Waals surface area contributed by atoms with Gasteiger partial charge in [-0.15, -0.1) is 0 Å². The first-order valence-corrected chi connectivity index (χ1v) is 10.4. The van der Waals surface area contributed by atoms with E-state index in [4.69, 9.17) is 9.72 Å². The lowest BCUT2D eigenvalue weighted by molar-refractivity contribution is 0.417. The summed E-state index contributed by atoms with van der Waals surface area (Å²) >= 11 is 0. The van der Waals surface area contributed by atoms with Crippen molar-refractivity contribution in [2.75, 3.05) is 23.9 Å². The molecule has 0 amide bonds. The van der Waals surface area contributed by atoms with Crippen LogP contribution in [0.4, 0.5) is 17.5 Å². The number of methoxy groups -OCH3 is 1. The third-order valence-electron chi connectivity index (χ3n) is 5.79. The lowest BCUT2D eigenvalue weighted by Gasteiger charge is -2.23. The summed E-state index contributed by atoms with van der Waals surface area (Å²) in [5.41, 5.74) is 3.73. The minimum atomic E-state index is 0.463. The number of hydrogen-bond donors (Lipinski definition) is 1. The van der Waals surface area contributed by atoms with Gasteiger partial charge in [-0.2, -0.15) is 5.10 Å². The average molecular weight is 416 g/mol. The third-order valence-corrected chi connectivity index (χ3v) is 5.79. The maximum Gasteiger partial charge on any atom is 0.227 e. The highest BCUT2D eigenvalue weighted by atomic mass is 16.5. The van der Waals surface area contributed by atoms with E-state index in [1.165, 1.54) is 12.8 Å². The van der Waals surface area contributed by atoms with Crippen LogP contribution >= 0.6 is 0 Å². The molecule has 0 bridgehead atoms. The largest absolute Gasteiger partial charge is 0.495 e. The molecule has 0 spiro atoms. The molecule has 1 unspecified atom stereocenters. The van der Waals surface area contributed by atoms with Crippen LogP contribution in [0, 0.1) is 0 Å². The number of nitrogens with one attached hydrogen (secondary N) is 1. The van der Waals surface area contributed by atoms with E-state index in [-0.39, 0.29) is 0 Å². The van der Waals surface area contributed by atoms with Crippen LogP contribution < -0.4 is 15.0 Å². The summed E-state index contributed by atoms with van der Waals surface area (Å²) in [6.07, 6.45) is 9.83. The van der Waals surface area contributed by atoms with Gasteiger partial charge < -0.3 is 15.0 Å². The van der Waals surface area contributed by atoms with Crippen LogP contribution in [0.3, 0.4) is 0 Å². The first-order chi connectivity index (χ1) is 15.1. The zero-order valence-electron chi connectivity index (χ0n) is 17.9. The second-order valence-corrected chi connectivity index (χ2v) is 7.89. The van der Waals surface area contributed by atoms with Crippen molar-refractivity contribution in [2.45, 2.75) is 25.8 Å². The Hall–Kier alpha value is -3.68. The van der Waals surface area contributed by atoms with Crippen LogP contribution in [-0.4, -0.2) is 44.4 Å². The van der Waals surface area contributed by atoms with Crippen molar-refractivity contribution in [3.63, 3.8) is 0 Å². The molecule has 4 aromatic rings. The van der Waals surface area contributed by atoms with Gasteiger partial charge in [0.2, 0.25) is 5.95 Å². The van der Waals surface area contributed by atoms with Gasteiger partial charge >= 0.3 is 0 Å². The van der Waals surface area contributed by atoms with Gasteiger partial charge in [-0.05, 0) is 43.5 Å². The smallest absolute Gasteiger partial charge is 0.227 e. The minimum Gasteiger partial charge on any atom is -0.495 e. The molecule has 1 aliphatic heterocycles. The molecule has 1 fully saturated rings. The molecule has 4 heterocycles. The van der Waals surface area contributed by atoms with E-state index in [2.05, 4.69) is 32.2 Å². The number of fused-ring (bicyclic) bond motifs is 1. The molecule has 8 nitrogen and oxygen atoms in total. The topological polar surface area (TPSA) is 81.0 Å². The number of benzene rings is 1. The number of anilines is 3. The normalized spacial score (nSPS) is 16.1. The summed E-state index contributed by atoms with van der Waals surface area (Å²) < 4.78 is 7.41. The highest BCUT2D eigenvalue weighted by molar-refractivity contribution is 5.89. The van der Waals surface area contributed by atoms with Crippen LogP contribution in [0.15, 0.2) is 49.1 Å². The number of rotatable bonds is 5. The molecule has 31 heavy (non-hydrogen) atoms. The fourth-order valence-electron chi connectivity index (χ4n) is 4.12. The first-order valence-electron chi connectivity index (χ1n) is 10.4. The van der Waals surface area contributed by atoms with Gasteiger partial charge in [-0.1, -0.05) is 6.07 Å². The van der Waals surface area contributed by atoms with Gasteiger partial charge in [0.15, 0.2) is 5.82 Å². The van der Waals surface area contributed by atoms with E-state index < -0.39 is 0 Å². The van der Waals surface area contributed by atoms with Crippen LogP contribution in [0.2, 0.25) is 0 Å². The van der Waals surface area contributed by atoms with Crippen molar-refractivity contribution >= 4 is 28.4 Å². The molecule has 1 aliphatic rings. The van der Waals surface area contributed by atoms with Crippen molar-refractivity contribution < 1.29 is 4.74 Å². The molecule has 5 rings (SSSR count). The maximum atomic E-state index is 5.63. The van der Waals surface area contributed by atoms with Gasteiger partial charge in [0.25, 0.3) is 0 Å². The average Bonchev–Trinajstić information content (AvgIpc) is 3.41. The monoisotopic (exact) mass is 415 g/mol. The van der Waals surface area contributed by atoms with E-state index in [0.717, 1.165) is 40.1 Å². The summed E-state index contributed by atoms with van der Waals surface area (Å²) in [4.78, 5) is 16.3. The molecule has 0 radical (unpaired) electrons. The molecule has 1 saturated heterocycles. The summed E-state index contributed by atoms with van der Waals surface area (Å²) in [6, 6.07) is 8.40. The lowest BCUT2D eigenvalue weighted by Crippen LogP contribution is -2.27. The van der Waals surface area contributed by atoms with Crippen molar-refractivity contribution in [1.82, 2.24) is 24.7 Å². The van der Waals surface area contributed by atoms with Crippen LogP contribution in [0.5, 0.6) is 5.75 Å². The van der Waals surface area contributed by atoms with Crippen molar-refractivity contribution in [1.29, 1.82) is 0 Å². The van der Waals surface area contributed by atoms with Gasteiger partial charge in [0.1, 0.15) is 11.3 Å². The number of nitrogens with zero attached hydrogens (tertiary/aromatic N) is 6. The van der Waals surface area contributed by atoms with Crippen molar-refractivity contribution in [2.24, 2.45) is 7.05 Å². The molecular weight excluding hydrogens is 390 g/mol. The molecule has 1 aromatic carbocycles. The van der Waals surface area contributed by atoms with E-state index in [1.807, 2.05) is 56.1 Å². The fourth-order valence-corrected chi connectivity index (χ4v) is 4.12. The highest BCUT2D eigenvalue weighted by Gasteiger charge is 2.24. The predicted octanol–water partition coefficient (Wildman–Crippen LogP) is 4.17. The zero-order chi connectivity index (χ0) is 21.4. The van der Waals surface area contributed by atoms with Gasteiger partial charge in [0, 0.05) is 49.2 Å². The quantitative estimate of drug-likeness (QED) is 0.524. The fraction of sp³-hybridized carbons (Fsp3) is 0.304. The van der Waals surface area contributed by atoms with Crippen LogP contribution in [-0.2, 0) is 7.05 Å². The number of aryl methyl sites for hydroxylation is 1. The van der Waals surface area contributed by atoms with E-state index in [0.29, 0.717) is 17.7 Å². The predicted molar refractivity (Wildman–Crippen MR) is 122 cm³/mol. The Morgan fingerprint density at radius 1 is 1.13 bits per heavy atom. The number of pyridine rings is 1. The minimum absolute atomic E-state index is 0.463. The Morgan fingerprint density at radius 2 is 2.03 bits per heavy atom. The molecule has 1 atom stereocenters. The summed E-state index contributed by atoms with van der Waals surface area (Å²) in [5, 5.41) is 8.54. The molecular formula is C23H25N7O. The Bertz CT molecular complexity index is 1240. The number of aromatic nitrogens is 5. The van der Waals surface area contributed by atoms with Crippen molar-refractivity contribution in [3.05, 3.63) is 49.1 Å². The molecule has 0 saturated carbocycles. The molecule has 1 N–H and O–H groups in total. The number of hydrogen-bond acceptors (Lipinski definition) is 7. The van der Waals surface area contributed by atoms with E-state index in [9.17, 15) is 0 Å². The Kier molecular flexibility index (Phi) is 4.89. The van der Waals surface area contributed by atoms with Gasteiger partial charge in [-0.25, -0.2) is 15.0 Å². The Morgan fingerprint density at radius 3 is 2.77 bits per heavy atom. The van der Waals surface area contributed by atoms with Gasteiger partial charge in [-0.3, -0.25) is 4.68 Å². The summed E-state index contributed by atoms with van der Waals surface area (Å²) in [5.74, 6) is 2.15. The standard InChI is InChI=1S/C23H25N7O/c1-15-5-4-10-30(15)22-21-17(8-9-24-22)12-25-23(28-21)27-19-7-6-16(11-20(19)31-3)18-13-26-29(2)14-18/h6-9,11-15H,4-5,10H2,1-3H3,(H,25,27,28). The summed E-state index contributed by atoms with van der Waals surface area (Å²) in [6.45, 7) is 3.24. The molecule has 158 valence electrons. The second-order valence-electron chi connectivity index (χ2n) is 7.89. The van der Waals surface area contributed by atoms with Crippen molar-refractivity contribution in [3.8, 4) is 16.9 Å². The highest BCUT2D eigenvalue weighted by Crippen LogP contribution is 2.33.